The summed E-state index contributed by atoms with van der Waals surface area (Å²) in [6, 6.07) is -5.66. The van der Waals surface area contributed by atoms with Crippen LogP contribution in [0.4, 0.5) is 0 Å². The highest BCUT2D eigenvalue weighted by molar-refractivity contribution is 5.94. The number of hydrogen-bond donors (Lipinski definition) is 10. The van der Waals surface area contributed by atoms with Gasteiger partial charge in [-0.05, 0) is 26.2 Å². The Bertz CT molecular complexity index is 756. The summed E-state index contributed by atoms with van der Waals surface area (Å²) < 4.78 is 0. The number of carbonyl (C=O) groups is 5. The zero-order chi connectivity index (χ0) is 26.4. The predicted octanol–water partition coefficient (Wildman–Crippen LogP) is -5.46. The first kappa shape index (κ1) is 30.5. The lowest BCUT2D eigenvalue weighted by molar-refractivity contribution is -0.143. The second-order valence-corrected chi connectivity index (χ2v) is 7.42. The Morgan fingerprint density at radius 2 is 1.38 bits per heavy atom. The smallest absolute Gasteiger partial charge is 0.328 e. The molecular weight excluding hydrogens is 456 g/mol. The van der Waals surface area contributed by atoms with Crippen molar-refractivity contribution < 1.29 is 39.3 Å². The average Bonchev–Trinajstić information content (AvgIpc) is 2.74. The standard InChI is InChI=1S/C18H34N8O8/c1-8(28)13(20)16(32)25-10(4-5-12(19)29)15(31)24-9(3-2-6-23-18(21)22)14(30)26-11(7-27)17(33)34/h8-11,13,27-28H,2-7,20H2,1H3,(H2,19,29)(H,24,31)(H,25,32)(H,26,30)(H,33,34)(H4,21,22,23). The molecule has 0 saturated carbocycles. The number of aliphatic imine (C=N–C) groups is 1. The van der Waals surface area contributed by atoms with E-state index in [-0.39, 0.29) is 38.2 Å². The van der Waals surface area contributed by atoms with Gasteiger partial charge >= 0.3 is 5.97 Å². The van der Waals surface area contributed by atoms with Crippen LogP contribution < -0.4 is 38.9 Å². The maximum atomic E-state index is 12.8. The van der Waals surface area contributed by atoms with Crippen LogP contribution in [0.5, 0.6) is 0 Å². The summed E-state index contributed by atoms with van der Waals surface area (Å²) in [7, 11) is 0. The van der Waals surface area contributed by atoms with Crippen molar-refractivity contribution in [1.82, 2.24) is 16.0 Å². The van der Waals surface area contributed by atoms with Crippen molar-refractivity contribution in [2.24, 2.45) is 27.9 Å². The van der Waals surface area contributed by atoms with Gasteiger partial charge in [0.2, 0.25) is 23.6 Å². The second kappa shape index (κ2) is 15.4. The molecular formula is C18H34N8O8. The zero-order valence-corrected chi connectivity index (χ0v) is 18.8. The van der Waals surface area contributed by atoms with E-state index in [1.165, 1.54) is 6.92 Å². The van der Waals surface area contributed by atoms with Gasteiger partial charge in [0, 0.05) is 13.0 Å². The first-order chi connectivity index (χ1) is 15.8. The number of carboxylic acids is 1. The number of aliphatic hydroxyl groups is 2. The van der Waals surface area contributed by atoms with E-state index in [0.717, 1.165) is 0 Å². The molecule has 0 radical (unpaired) electrons. The minimum absolute atomic E-state index is 0.0458. The van der Waals surface area contributed by atoms with Gasteiger partial charge < -0.3 is 54.2 Å². The molecule has 0 heterocycles. The first-order valence-corrected chi connectivity index (χ1v) is 10.3. The number of aliphatic hydroxyl groups excluding tert-OH is 2. The molecule has 0 aliphatic carbocycles. The molecule has 0 rings (SSSR count). The lowest BCUT2D eigenvalue weighted by Crippen LogP contribution is -2.58. The number of rotatable bonds is 16. The van der Waals surface area contributed by atoms with Gasteiger partial charge in [-0.3, -0.25) is 24.2 Å². The predicted molar refractivity (Wildman–Crippen MR) is 119 cm³/mol. The molecule has 4 amide bonds. The van der Waals surface area contributed by atoms with Crippen LogP contribution in [-0.2, 0) is 24.0 Å². The fraction of sp³-hybridized carbons (Fsp3) is 0.667. The lowest BCUT2D eigenvalue weighted by atomic mass is 10.1. The SMILES string of the molecule is CC(O)C(N)C(=O)NC(CCC(N)=O)C(=O)NC(CCCN=C(N)N)C(=O)NC(CO)C(=O)O. The topological polar surface area (TPSA) is 299 Å². The van der Waals surface area contributed by atoms with E-state index in [9.17, 15) is 29.1 Å². The van der Waals surface area contributed by atoms with Crippen molar-refractivity contribution in [1.29, 1.82) is 0 Å². The fourth-order valence-electron chi connectivity index (χ4n) is 2.54. The van der Waals surface area contributed by atoms with Gasteiger partial charge in [0.05, 0.1) is 12.7 Å². The van der Waals surface area contributed by atoms with Gasteiger partial charge in [-0.1, -0.05) is 0 Å². The van der Waals surface area contributed by atoms with Crippen LogP contribution in [-0.4, -0.2) is 94.3 Å². The molecule has 14 N–H and O–H groups in total. The number of primary amides is 1. The monoisotopic (exact) mass is 490 g/mol. The highest BCUT2D eigenvalue weighted by Gasteiger charge is 2.30. The molecule has 34 heavy (non-hydrogen) atoms. The van der Waals surface area contributed by atoms with Gasteiger partial charge in [-0.15, -0.1) is 0 Å². The minimum atomic E-state index is -1.63. The van der Waals surface area contributed by atoms with Crippen molar-refractivity contribution in [3.63, 3.8) is 0 Å². The molecule has 0 aliphatic heterocycles. The van der Waals surface area contributed by atoms with Crippen LogP contribution in [0.25, 0.3) is 0 Å². The van der Waals surface area contributed by atoms with E-state index in [0.29, 0.717) is 0 Å². The number of nitrogens with one attached hydrogen (secondary N) is 3. The average molecular weight is 491 g/mol. The van der Waals surface area contributed by atoms with Gasteiger partial charge in [0.1, 0.15) is 24.2 Å². The van der Waals surface area contributed by atoms with Crippen molar-refractivity contribution in [2.45, 2.75) is 62.9 Å². The number of carboxylic acid groups (broad SMARTS) is 1. The molecule has 0 aromatic rings. The largest absolute Gasteiger partial charge is 0.480 e. The molecule has 16 nitrogen and oxygen atoms in total. The van der Waals surface area contributed by atoms with E-state index in [1.807, 2.05) is 0 Å². The van der Waals surface area contributed by atoms with Crippen LogP contribution >= 0.6 is 0 Å². The van der Waals surface area contributed by atoms with Crippen LogP contribution in [0.2, 0.25) is 0 Å². The molecule has 0 spiro atoms. The van der Waals surface area contributed by atoms with Gasteiger partial charge in [0.15, 0.2) is 5.96 Å². The normalized spacial score (nSPS) is 15.1. The van der Waals surface area contributed by atoms with E-state index in [2.05, 4.69) is 20.9 Å². The molecule has 16 heteroatoms. The van der Waals surface area contributed by atoms with E-state index < -0.39 is 66.5 Å². The highest BCUT2D eigenvalue weighted by atomic mass is 16.4. The third-order valence-corrected chi connectivity index (χ3v) is 4.51. The molecule has 0 aliphatic rings. The summed E-state index contributed by atoms with van der Waals surface area (Å²) in [5.41, 5.74) is 21.1. The van der Waals surface area contributed by atoms with E-state index in [1.54, 1.807) is 0 Å². The quantitative estimate of drug-likeness (QED) is 0.0552. The zero-order valence-electron chi connectivity index (χ0n) is 18.8. The number of nitrogens with zero attached hydrogens (tertiary/aromatic N) is 1. The maximum Gasteiger partial charge on any atom is 0.328 e. The summed E-state index contributed by atoms with van der Waals surface area (Å²) in [4.78, 5) is 63.6. The summed E-state index contributed by atoms with van der Waals surface area (Å²) in [6.45, 7) is 0.458. The number of carbonyl (C=O) groups excluding carboxylic acids is 4. The number of hydrogen-bond acceptors (Lipinski definition) is 9. The molecule has 194 valence electrons. The van der Waals surface area contributed by atoms with Crippen LogP contribution in [0.1, 0.15) is 32.6 Å². The summed E-state index contributed by atoms with van der Waals surface area (Å²) >= 11 is 0. The first-order valence-electron chi connectivity index (χ1n) is 10.3. The van der Waals surface area contributed by atoms with Gasteiger partial charge in [0.25, 0.3) is 0 Å². The van der Waals surface area contributed by atoms with Gasteiger partial charge in [-0.25, -0.2) is 4.79 Å². The molecule has 0 saturated heterocycles. The Morgan fingerprint density at radius 1 is 0.882 bits per heavy atom. The van der Waals surface area contributed by atoms with Crippen molar-refractivity contribution in [2.75, 3.05) is 13.2 Å². The molecule has 0 bridgehead atoms. The van der Waals surface area contributed by atoms with Crippen molar-refractivity contribution in [3.8, 4) is 0 Å². The van der Waals surface area contributed by atoms with Crippen LogP contribution in [0.3, 0.4) is 0 Å². The Labute approximate surface area is 195 Å². The number of guanidine groups is 1. The van der Waals surface area contributed by atoms with Gasteiger partial charge in [-0.2, -0.15) is 0 Å². The Kier molecular flexibility index (Phi) is 13.8. The minimum Gasteiger partial charge on any atom is -0.480 e. The Balaban J connectivity index is 5.59. The molecule has 5 unspecified atom stereocenters. The third kappa shape index (κ3) is 11.9. The summed E-state index contributed by atoms with van der Waals surface area (Å²) in [6.07, 6.45) is -1.63. The molecule has 0 aromatic heterocycles. The summed E-state index contributed by atoms with van der Waals surface area (Å²) in [5.74, 6) is -5.17. The Morgan fingerprint density at radius 3 is 1.82 bits per heavy atom. The lowest BCUT2D eigenvalue weighted by Gasteiger charge is -2.25. The molecule has 0 aromatic carbocycles. The fourth-order valence-corrected chi connectivity index (χ4v) is 2.54. The summed E-state index contributed by atoms with van der Waals surface area (Å²) in [5, 5.41) is 34.4. The van der Waals surface area contributed by atoms with E-state index >= 15 is 0 Å². The van der Waals surface area contributed by atoms with Crippen LogP contribution in [0, 0.1) is 0 Å². The third-order valence-electron chi connectivity index (χ3n) is 4.51. The number of amides is 4. The van der Waals surface area contributed by atoms with Crippen molar-refractivity contribution in [3.05, 3.63) is 0 Å². The number of nitrogens with two attached hydrogens (primary N) is 4. The van der Waals surface area contributed by atoms with Crippen LogP contribution in [0.15, 0.2) is 4.99 Å². The highest BCUT2D eigenvalue weighted by Crippen LogP contribution is 2.05. The maximum absolute atomic E-state index is 12.8. The van der Waals surface area contributed by atoms with E-state index in [4.69, 9.17) is 33.1 Å². The second-order valence-electron chi connectivity index (χ2n) is 7.42. The van der Waals surface area contributed by atoms with Crippen molar-refractivity contribution >= 4 is 35.6 Å². The number of aliphatic carboxylic acids is 1. The Hall–Kier alpha value is -3.50. The molecule has 5 atom stereocenters. The molecule has 0 fully saturated rings.